The smallest absolute Gasteiger partial charge is 0.159 e. The summed E-state index contributed by atoms with van der Waals surface area (Å²) in [6.45, 7) is 5.90. The van der Waals surface area contributed by atoms with Gasteiger partial charge in [-0.3, -0.25) is 0 Å². The molecule has 0 unspecified atom stereocenters. The van der Waals surface area contributed by atoms with Crippen LogP contribution in [0.3, 0.4) is 0 Å². The molecule has 0 spiro atoms. The maximum Gasteiger partial charge on any atom is 0.159 e. The van der Waals surface area contributed by atoms with E-state index >= 15 is 0 Å². The van der Waals surface area contributed by atoms with Gasteiger partial charge in [-0.25, -0.2) is 0 Å². The Labute approximate surface area is 118 Å². The Kier molecular flexibility index (Phi) is 7.44. The number of nitrogens with one attached hydrogen (secondary N) is 1. The van der Waals surface area contributed by atoms with Gasteiger partial charge in [-0.1, -0.05) is 29.3 Å². The molecule has 5 heteroatoms. The van der Waals surface area contributed by atoms with E-state index in [1.807, 2.05) is 26.0 Å². The van der Waals surface area contributed by atoms with Gasteiger partial charge in [0.2, 0.25) is 0 Å². The Bertz CT molecular complexity index is 355. The third-order valence-electron chi connectivity index (χ3n) is 2.35. The molecule has 0 atom stereocenters. The van der Waals surface area contributed by atoms with E-state index in [0.29, 0.717) is 29.8 Å². The summed E-state index contributed by atoms with van der Waals surface area (Å²) in [5.41, 5.74) is 0.830. The highest BCUT2D eigenvalue weighted by atomic mass is 35.5. The molecule has 18 heavy (non-hydrogen) atoms. The zero-order valence-electron chi connectivity index (χ0n) is 10.7. The lowest BCUT2D eigenvalue weighted by atomic mass is 10.3. The molecule has 3 nitrogen and oxygen atoms in total. The first-order chi connectivity index (χ1) is 8.69. The van der Waals surface area contributed by atoms with Crippen molar-refractivity contribution in [2.24, 2.45) is 0 Å². The first-order valence-electron chi connectivity index (χ1n) is 6.10. The summed E-state index contributed by atoms with van der Waals surface area (Å²) in [7, 11) is 0. The van der Waals surface area contributed by atoms with Crippen LogP contribution in [0.2, 0.25) is 10.0 Å². The minimum absolute atomic E-state index is 0.176. The summed E-state index contributed by atoms with van der Waals surface area (Å²) >= 11 is 12.0. The normalized spacial score (nSPS) is 10.9. The van der Waals surface area contributed by atoms with Crippen molar-refractivity contribution in [1.29, 1.82) is 0 Å². The predicted octanol–water partition coefficient (Wildman–Crippen LogP) is 4.19. The van der Waals surface area contributed by atoms with Gasteiger partial charge in [0, 0.05) is 26.2 Å². The molecule has 1 aromatic rings. The fourth-order valence-corrected chi connectivity index (χ4v) is 1.92. The first-order valence-corrected chi connectivity index (χ1v) is 6.85. The van der Waals surface area contributed by atoms with E-state index in [1.165, 1.54) is 0 Å². The van der Waals surface area contributed by atoms with Crippen LogP contribution in [-0.2, 0) is 9.47 Å². The van der Waals surface area contributed by atoms with E-state index in [9.17, 15) is 0 Å². The van der Waals surface area contributed by atoms with Crippen molar-refractivity contribution in [2.45, 2.75) is 26.6 Å². The quantitative estimate of drug-likeness (QED) is 0.729. The molecule has 0 saturated carbocycles. The number of ether oxygens (including phenoxy) is 2. The first kappa shape index (κ1) is 15.6. The molecule has 0 radical (unpaired) electrons. The maximum absolute atomic E-state index is 6.07. The molecule has 102 valence electrons. The molecule has 0 amide bonds. The predicted molar refractivity (Wildman–Crippen MR) is 76.6 cm³/mol. The average Bonchev–Trinajstić information content (AvgIpc) is 2.35. The monoisotopic (exact) mass is 291 g/mol. The molecule has 0 aromatic heterocycles. The van der Waals surface area contributed by atoms with Crippen LogP contribution in [0.1, 0.15) is 20.3 Å². The van der Waals surface area contributed by atoms with Crippen LogP contribution >= 0.6 is 23.2 Å². The van der Waals surface area contributed by atoms with Crippen LogP contribution in [0, 0.1) is 0 Å². The number of hydrogen-bond acceptors (Lipinski definition) is 3. The maximum atomic E-state index is 6.07. The van der Waals surface area contributed by atoms with Crippen LogP contribution in [0.25, 0.3) is 0 Å². The Morgan fingerprint density at radius 2 is 1.83 bits per heavy atom. The van der Waals surface area contributed by atoms with Gasteiger partial charge in [-0.2, -0.15) is 0 Å². The van der Waals surface area contributed by atoms with Crippen molar-refractivity contribution < 1.29 is 9.47 Å². The molecule has 0 aliphatic rings. The van der Waals surface area contributed by atoms with Gasteiger partial charge in [0.15, 0.2) is 6.29 Å². The molecule has 0 fully saturated rings. The van der Waals surface area contributed by atoms with E-state index in [4.69, 9.17) is 32.7 Å². The summed E-state index contributed by atoms with van der Waals surface area (Å²) in [6, 6.07) is 5.52. The lowest BCUT2D eigenvalue weighted by molar-refractivity contribution is -0.137. The zero-order valence-corrected chi connectivity index (χ0v) is 12.2. The number of benzene rings is 1. The zero-order chi connectivity index (χ0) is 13.4. The standard InChI is InChI=1S/C13H19Cl2NO2/c1-3-17-12(18-4-2)8-9-16-11-7-5-6-10(14)13(11)15/h5-7,12,16H,3-4,8-9H2,1-2H3. The van der Waals surface area contributed by atoms with Gasteiger partial charge >= 0.3 is 0 Å². The fourth-order valence-electron chi connectivity index (χ4n) is 1.55. The van der Waals surface area contributed by atoms with Crippen molar-refractivity contribution in [3.63, 3.8) is 0 Å². The summed E-state index contributed by atoms with van der Waals surface area (Å²) in [5.74, 6) is 0. The molecule has 1 rings (SSSR count). The van der Waals surface area contributed by atoms with Crippen LogP contribution < -0.4 is 5.32 Å². The molecule has 1 N–H and O–H groups in total. The summed E-state index contributed by atoms with van der Waals surface area (Å²) in [4.78, 5) is 0. The molecule has 0 aliphatic heterocycles. The summed E-state index contributed by atoms with van der Waals surface area (Å²) in [6.07, 6.45) is 0.579. The summed E-state index contributed by atoms with van der Waals surface area (Å²) in [5, 5.41) is 4.32. The Balaban J connectivity index is 2.42. The van der Waals surface area contributed by atoms with Gasteiger partial charge in [-0.15, -0.1) is 0 Å². The van der Waals surface area contributed by atoms with Gasteiger partial charge < -0.3 is 14.8 Å². The van der Waals surface area contributed by atoms with Crippen molar-refractivity contribution in [3.8, 4) is 0 Å². The molecule has 1 aromatic carbocycles. The molecule has 0 saturated heterocycles. The Hall–Kier alpha value is -0.480. The Morgan fingerprint density at radius 1 is 1.17 bits per heavy atom. The number of halogens is 2. The van der Waals surface area contributed by atoms with Crippen LogP contribution in [-0.4, -0.2) is 26.0 Å². The van der Waals surface area contributed by atoms with Gasteiger partial charge in [0.05, 0.1) is 15.7 Å². The second-order valence-electron chi connectivity index (χ2n) is 3.66. The van der Waals surface area contributed by atoms with E-state index in [0.717, 1.165) is 12.1 Å². The van der Waals surface area contributed by atoms with E-state index < -0.39 is 0 Å². The minimum atomic E-state index is -0.176. The van der Waals surface area contributed by atoms with Crippen molar-refractivity contribution >= 4 is 28.9 Å². The second kappa shape index (κ2) is 8.59. The lowest BCUT2D eigenvalue weighted by Crippen LogP contribution is -2.21. The molecule has 0 heterocycles. The van der Waals surface area contributed by atoms with E-state index in [1.54, 1.807) is 6.07 Å². The minimum Gasteiger partial charge on any atom is -0.384 e. The Morgan fingerprint density at radius 3 is 2.44 bits per heavy atom. The largest absolute Gasteiger partial charge is 0.384 e. The van der Waals surface area contributed by atoms with Crippen LogP contribution in [0.15, 0.2) is 18.2 Å². The summed E-state index contributed by atoms with van der Waals surface area (Å²) < 4.78 is 10.9. The lowest BCUT2D eigenvalue weighted by Gasteiger charge is -2.17. The second-order valence-corrected chi connectivity index (χ2v) is 4.44. The molecular formula is C13H19Cl2NO2. The van der Waals surface area contributed by atoms with Gasteiger partial charge in [-0.05, 0) is 26.0 Å². The molecule has 0 aliphatic carbocycles. The van der Waals surface area contributed by atoms with Gasteiger partial charge in [0.25, 0.3) is 0 Å². The van der Waals surface area contributed by atoms with Crippen molar-refractivity contribution in [1.82, 2.24) is 0 Å². The van der Waals surface area contributed by atoms with Crippen molar-refractivity contribution in [3.05, 3.63) is 28.2 Å². The fraction of sp³-hybridized carbons (Fsp3) is 0.538. The number of rotatable bonds is 8. The molecular weight excluding hydrogens is 273 g/mol. The number of hydrogen-bond donors (Lipinski definition) is 1. The topological polar surface area (TPSA) is 30.5 Å². The van der Waals surface area contributed by atoms with Crippen LogP contribution in [0.5, 0.6) is 0 Å². The van der Waals surface area contributed by atoms with Gasteiger partial charge in [0.1, 0.15) is 0 Å². The molecule has 0 bridgehead atoms. The number of anilines is 1. The van der Waals surface area contributed by atoms with E-state index in [2.05, 4.69) is 5.32 Å². The highest BCUT2D eigenvalue weighted by Gasteiger charge is 2.08. The van der Waals surface area contributed by atoms with Crippen LogP contribution in [0.4, 0.5) is 5.69 Å². The average molecular weight is 292 g/mol. The highest BCUT2D eigenvalue weighted by molar-refractivity contribution is 6.43. The third kappa shape index (κ3) is 5.02. The third-order valence-corrected chi connectivity index (χ3v) is 3.17. The highest BCUT2D eigenvalue weighted by Crippen LogP contribution is 2.29. The van der Waals surface area contributed by atoms with Crippen molar-refractivity contribution in [2.75, 3.05) is 25.1 Å². The SMILES string of the molecule is CCOC(CCNc1cccc(Cl)c1Cl)OCC. The van der Waals surface area contributed by atoms with E-state index in [-0.39, 0.29) is 6.29 Å².